The van der Waals surface area contributed by atoms with Gasteiger partial charge in [-0.3, -0.25) is 19.9 Å². The summed E-state index contributed by atoms with van der Waals surface area (Å²) < 4.78 is 42.3. The number of hydrogen-bond acceptors (Lipinski definition) is 11. The number of hydrogen-bond donors (Lipinski definition) is 2. The van der Waals surface area contributed by atoms with E-state index in [1.165, 1.54) is 4.31 Å². The van der Waals surface area contributed by atoms with Gasteiger partial charge in [-0.05, 0) is 99.4 Å². The van der Waals surface area contributed by atoms with Crippen molar-refractivity contribution in [3.05, 3.63) is 29.8 Å². The van der Waals surface area contributed by atoms with Gasteiger partial charge in [0.2, 0.25) is 16.0 Å². The van der Waals surface area contributed by atoms with E-state index in [0.29, 0.717) is 24.1 Å². The van der Waals surface area contributed by atoms with Crippen molar-refractivity contribution in [3.63, 3.8) is 0 Å². The molecular weight excluding hydrogens is 749 g/mol. The fourth-order valence-electron chi connectivity index (χ4n) is 6.64. The third-order valence-electron chi connectivity index (χ3n) is 9.01. The van der Waals surface area contributed by atoms with Crippen molar-refractivity contribution in [2.75, 3.05) is 70.5 Å². The standard InChI is InChI=1S/C37H58N8O10S/c1-34(2,3)53-28(46)26-12-14-27(15-13-26)38-29(47)37(43-22-24-44(25-23-43)56(10,51)52)16-11-17-45(37)33(50)42-20-18-41(19-21-42)30(39-31(48)54-35(4,5)6)40-32(49)55-36(7,8)9/h12-15H,11,16-25H2,1-10H3,(H,38,47)(H,39,40,48,49)/t37-/m0/s1. The lowest BCUT2D eigenvalue weighted by atomic mass is 10.0. The highest BCUT2D eigenvalue weighted by atomic mass is 32.2. The fourth-order valence-corrected chi connectivity index (χ4v) is 7.46. The van der Waals surface area contributed by atoms with Gasteiger partial charge in [0.1, 0.15) is 16.8 Å². The minimum absolute atomic E-state index is 0.0862. The van der Waals surface area contributed by atoms with Gasteiger partial charge < -0.3 is 29.3 Å². The summed E-state index contributed by atoms with van der Waals surface area (Å²) in [7, 11) is -3.47. The monoisotopic (exact) mass is 806 g/mol. The number of ether oxygens (including phenoxy) is 3. The Bertz CT molecular complexity index is 1770. The number of urea groups is 1. The Kier molecular flexibility index (Phi) is 13.4. The van der Waals surface area contributed by atoms with E-state index < -0.39 is 62.6 Å². The van der Waals surface area contributed by atoms with E-state index in [4.69, 9.17) is 14.2 Å². The molecule has 3 aliphatic rings. The Hall–Kier alpha value is -4.49. The number of likely N-dealkylation sites (tertiary alicyclic amines) is 1. The molecule has 3 saturated heterocycles. The lowest BCUT2D eigenvalue weighted by molar-refractivity contribution is -0.138. The summed E-state index contributed by atoms with van der Waals surface area (Å²) in [6.07, 6.45) is 0.220. The molecule has 0 unspecified atom stereocenters. The first-order valence-electron chi connectivity index (χ1n) is 18.8. The van der Waals surface area contributed by atoms with Crippen LogP contribution in [-0.4, -0.2) is 156 Å². The lowest BCUT2D eigenvalue weighted by Gasteiger charge is -2.49. The molecule has 18 nitrogen and oxygen atoms in total. The van der Waals surface area contributed by atoms with Crippen molar-refractivity contribution in [2.24, 2.45) is 4.99 Å². The first-order chi connectivity index (χ1) is 25.8. The van der Waals surface area contributed by atoms with Crippen molar-refractivity contribution in [1.82, 2.24) is 29.2 Å². The Balaban J connectivity index is 1.57. The summed E-state index contributed by atoms with van der Waals surface area (Å²) in [4.78, 5) is 77.8. The molecule has 3 aliphatic heterocycles. The molecular formula is C37H58N8O10S. The fraction of sp³-hybridized carbons (Fsp3) is 0.676. The first kappa shape index (κ1) is 44.2. The Morgan fingerprint density at radius 2 is 1.25 bits per heavy atom. The Morgan fingerprint density at radius 3 is 1.77 bits per heavy atom. The number of nitrogens with one attached hydrogen (secondary N) is 2. The zero-order valence-corrected chi connectivity index (χ0v) is 35.1. The average molecular weight is 807 g/mol. The predicted molar refractivity (Wildman–Crippen MR) is 208 cm³/mol. The van der Waals surface area contributed by atoms with Crippen molar-refractivity contribution < 1.29 is 46.6 Å². The number of rotatable bonds is 5. The van der Waals surface area contributed by atoms with Crippen LogP contribution in [0.3, 0.4) is 0 Å². The number of nitrogens with zero attached hydrogens (tertiary/aromatic N) is 6. The van der Waals surface area contributed by atoms with Crippen LogP contribution in [0.5, 0.6) is 0 Å². The van der Waals surface area contributed by atoms with Crippen LogP contribution in [-0.2, 0) is 29.0 Å². The molecule has 0 bridgehead atoms. The molecule has 0 radical (unpaired) electrons. The highest BCUT2D eigenvalue weighted by Gasteiger charge is 2.55. The van der Waals surface area contributed by atoms with Crippen LogP contribution in [0.15, 0.2) is 29.3 Å². The largest absolute Gasteiger partial charge is 0.456 e. The van der Waals surface area contributed by atoms with E-state index in [1.807, 2.05) is 4.90 Å². The second-order valence-electron chi connectivity index (χ2n) is 17.1. The van der Waals surface area contributed by atoms with Crippen molar-refractivity contribution in [2.45, 2.75) is 97.6 Å². The molecule has 0 aromatic heterocycles. The number of amides is 5. The molecule has 4 rings (SSSR count). The van der Waals surface area contributed by atoms with Gasteiger partial charge in [0, 0.05) is 64.6 Å². The van der Waals surface area contributed by atoms with Crippen LogP contribution in [0.25, 0.3) is 0 Å². The number of carbonyl (C=O) groups excluding carboxylic acids is 5. The molecule has 0 saturated carbocycles. The molecule has 0 aliphatic carbocycles. The van der Waals surface area contributed by atoms with Crippen LogP contribution in [0.2, 0.25) is 0 Å². The lowest BCUT2D eigenvalue weighted by Crippen LogP contribution is -2.70. The van der Waals surface area contributed by atoms with E-state index >= 15 is 0 Å². The maximum Gasteiger partial charge on any atom is 0.437 e. The first-order valence-corrected chi connectivity index (χ1v) is 20.6. The maximum atomic E-state index is 14.6. The summed E-state index contributed by atoms with van der Waals surface area (Å²) >= 11 is 0. The summed E-state index contributed by atoms with van der Waals surface area (Å²) in [6.45, 7) is 17.1. The van der Waals surface area contributed by atoms with Gasteiger partial charge >= 0.3 is 24.2 Å². The summed E-state index contributed by atoms with van der Waals surface area (Å²) in [5.74, 6) is -1.06. The molecule has 1 atom stereocenters. The molecule has 56 heavy (non-hydrogen) atoms. The minimum Gasteiger partial charge on any atom is -0.456 e. The number of carbonyl (C=O) groups is 5. The second kappa shape index (κ2) is 16.9. The number of benzene rings is 1. The number of esters is 1. The van der Waals surface area contributed by atoms with Crippen LogP contribution >= 0.6 is 0 Å². The Morgan fingerprint density at radius 1 is 0.714 bits per heavy atom. The average Bonchev–Trinajstić information content (AvgIpc) is 3.52. The van der Waals surface area contributed by atoms with Crippen LogP contribution in [0, 0.1) is 0 Å². The van der Waals surface area contributed by atoms with Gasteiger partial charge in [0.15, 0.2) is 5.66 Å². The molecule has 2 N–H and O–H groups in total. The molecule has 1 aromatic rings. The number of piperazine rings is 2. The summed E-state index contributed by atoms with van der Waals surface area (Å²) in [5, 5.41) is 5.51. The summed E-state index contributed by atoms with van der Waals surface area (Å²) in [5.41, 5.74) is -3.08. The molecule has 312 valence electrons. The molecule has 3 heterocycles. The summed E-state index contributed by atoms with van der Waals surface area (Å²) in [6, 6.07) is 5.89. The number of guanidine groups is 1. The molecule has 1 aromatic carbocycles. The van der Waals surface area contributed by atoms with Crippen molar-refractivity contribution >= 4 is 51.8 Å². The SMILES string of the molecule is CC(C)(C)OC(=O)N=C(NC(=O)OC(C)(C)C)N1CCN(C(=O)N2CCC[C@]2(C(=O)Nc2ccc(C(=O)OC(C)(C)C)cc2)N2CCN(S(C)(=O)=O)CC2)CC1. The Labute approximate surface area is 329 Å². The maximum absolute atomic E-state index is 14.6. The molecule has 19 heteroatoms. The number of alkyl carbamates (subject to hydrolysis) is 1. The third-order valence-corrected chi connectivity index (χ3v) is 10.3. The van der Waals surface area contributed by atoms with E-state index in [9.17, 15) is 32.4 Å². The van der Waals surface area contributed by atoms with Gasteiger partial charge in [-0.15, -0.1) is 4.99 Å². The van der Waals surface area contributed by atoms with E-state index in [0.717, 1.165) is 6.26 Å². The zero-order valence-electron chi connectivity index (χ0n) is 34.3. The topological polar surface area (TPSA) is 200 Å². The van der Waals surface area contributed by atoms with Crippen LogP contribution in [0.1, 0.15) is 85.5 Å². The van der Waals surface area contributed by atoms with Crippen LogP contribution in [0.4, 0.5) is 20.1 Å². The van der Waals surface area contributed by atoms with Gasteiger partial charge in [0.05, 0.1) is 11.8 Å². The van der Waals surface area contributed by atoms with E-state index in [1.54, 1.807) is 101 Å². The predicted octanol–water partition coefficient (Wildman–Crippen LogP) is 3.50. The number of anilines is 1. The van der Waals surface area contributed by atoms with Crippen molar-refractivity contribution in [1.29, 1.82) is 0 Å². The normalized spacial score (nSPS) is 20.7. The molecule has 5 amide bonds. The minimum atomic E-state index is -3.47. The second-order valence-corrected chi connectivity index (χ2v) is 19.0. The number of aliphatic imine (C=N–C) groups is 1. The molecule has 3 fully saturated rings. The van der Waals surface area contributed by atoms with Gasteiger partial charge in [0.25, 0.3) is 5.91 Å². The smallest absolute Gasteiger partial charge is 0.437 e. The molecule has 0 spiro atoms. The highest BCUT2D eigenvalue weighted by Crippen LogP contribution is 2.36. The third kappa shape index (κ3) is 11.8. The quantitative estimate of drug-likeness (QED) is 0.190. The van der Waals surface area contributed by atoms with E-state index in [2.05, 4.69) is 15.6 Å². The highest BCUT2D eigenvalue weighted by molar-refractivity contribution is 7.88. The zero-order chi connectivity index (χ0) is 41.9. The van der Waals surface area contributed by atoms with Crippen LogP contribution < -0.4 is 10.6 Å². The van der Waals surface area contributed by atoms with Gasteiger partial charge in [-0.2, -0.15) is 4.31 Å². The van der Waals surface area contributed by atoms with Gasteiger partial charge in [-0.25, -0.2) is 27.6 Å². The van der Waals surface area contributed by atoms with E-state index in [-0.39, 0.29) is 64.9 Å². The number of sulfonamides is 1. The van der Waals surface area contributed by atoms with Gasteiger partial charge in [-0.1, -0.05) is 0 Å². The van der Waals surface area contributed by atoms with Crippen molar-refractivity contribution in [3.8, 4) is 0 Å².